The van der Waals surface area contributed by atoms with Gasteiger partial charge in [-0.2, -0.15) is 0 Å². The molecule has 7 heteroatoms. The van der Waals surface area contributed by atoms with Crippen molar-refractivity contribution in [3.63, 3.8) is 0 Å². The van der Waals surface area contributed by atoms with E-state index >= 15 is 0 Å². The molecule has 7 nitrogen and oxygen atoms in total. The van der Waals surface area contributed by atoms with Gasteiger partial charge in [-0.3, -0.25) is 4.79 Å². The zero-order valence-electron chi connectivity index (χ0n) is 17.5. The van der Waals surface area contributed by atoms with Gasteiger partial charge in [-0.1, -0.05) is 25.3 Å². The number of carbonyl (C=O) groups is 1. The lowest BCUT2D eigenvalue weighted by Gasteiger charge is -2.22. The van der Waals surface area contributed by atoms with Crippen LogP contribution in [0.1, 0.15) is 53.8 Å². The maximum atomic E-state index is 12.6. The van der Waals surface area contributed by atoms with Gasteiger partial charge >= 0.3 is 0 Å². The molecule has 0 aliphatic heterocycles. The van der Waals surface area contributed by atoms with Gasteiger partial charge in [0.25, 0.3) is 5.91 Å². The summed E-state index contributed by atoms with van der Waals surface area (Å²) < 4.78 is 10.6. The average Bonchev–Trinajstić information content (AvgIpc) is 2.74. The van der Waals surface area contributed by atoms with Crippen LogP contribution in [-0.4, -0.2) is 42.7 Å². The maximum Gasteiger partial charge on any atom is 0.270 e. The summed E-state index contributed by atoms with van der Waals surface area (Å²) >= 11 is 0. The van der Waals surface area contributed by atoms with Crippen molar-refractivity contribution in [2.24, 2.45) is 0 Å². The number of nitrogens with one attached hydrogen (secondary N) is 2. The molecule has 3 rings (SSSR count). The van der Waals surface area contributed by atoms with E-state index in [1.54, 1.807) is 20.3 Å². The highest BCUT2D eigenvalue weighted by molar-refractivity contribution is 5.92. The van der Waals surface area contributed by atoms with Crippen molar-refractivity contribution in [3.05, 3.63) is 41.2 Å². The average molecular weight is 399 g/mol. The second kappa shape index (κ2) is 10.1. The summed E-state index contributed by atoms with van der Waals surface area (Å²) in [5.41, 5.74) is 2.29. The molecule has 0 unspecified atom stereocenters. The molecule has 1 aromatic carbocycles. The SMILES string of the molecule is COc1ccc(CCNc2nc(C)cc(C(=O)NC3CCCCC3)n2)cc1OC. The van der Waals surface area contributed by atoms with Crippen molar-refractivity contribution in [2.45, 2.75) is 51.5 Å². The standard InChI is InChI=1S/C22H30N4O3/c1-15-13-18(21(27)25-17-7-5-4-6-8-17)26-22(24-15)23-12-11-16-9-10-19(28-2)20(14-16)29-3/h9-10,13-14,17H,4-8,11-12H2,1-3H3,(H,25,27)(H,23,24,26). The minimum absolute atomic E-state index is 0.120. The fourth-order valence-electron chi connectivity index (χ4n) is 3.62. The summed E-state index contributed by atoms with van der Waals surface area (Å²) in [6.45, 7) is 2.52. The number of ether oxygens (including phenoxy) is 2. The molecular formula is C22H30N4O3. The molecule has 1 aliphatic rings. The minimum Gasteiger partial charge on any atom is -0.493 e. The van der Waals surface area contributed by atoms with Gasteiger partial charge in [0.1, 0.15) is 5.69 Å². The minimum atomic E-state index is -0.120. The number of benzene rings is 1. The number of methoxy groups -OCH3 is 2. The number of carbonyl (C=O) groups excluding carboxylic acids is 1. The molecule has 1 aliphatic carbocycles. The Morgan fingerprint density at radius 3 is 2.55 bits per heavy atom. The Morgan fingerprint density at radius 2 is 1.83 bits per heavy atom. The second-order valence-electron chi connectivity index (χ2n) is 7.39. The molecule has 1 heterocycles. The van der Waals surface area contributed by atoms with E-state index in [4.69, 9.17) is 9.47 Å². The lowest BCUT2D eigenvalue weighted by molar-refractivity contribution is 0.0922. The Morgan fingerprint density at radius 1 is 1.07 bits per heavy atom. The first-order valence-corrected chi connectivity index (χ1v) is 10.2. The quantitative estimate of drug-likeness (QED) is 0.708. The molecule has 0 radical (unpaired) electrons. The summed E-state index contributed by atoms with van der Waals surface area (Å²) in [7, 11) is 3.25. The monoisotopic (exact) mass is 398 g/mol. The number of nitrogens with zero attached hydrogens (tertiary/aromatic N) is 2. The number of hydrogen-bond acceptors (Lipinski definition) is 6. The molecule has 1 aromatic heterocycles. The van der Waals surface area contributed by atoms with Crippen molar-refractivity contribution in [3.8, 4) is 11.5 Å². The summed E-state index contributed by atoms with van der Waals surface area (Å²) in [4.78, 5) is 21.4. The zero-order chi connectivity index (χ0) is 20.6. The van der Waals surface area contributed by atoms with Gasteiger partial charge < -0.3 is 20.1 Å². The normalized spacial score (nSPS) is 14.3. The second-order valence-corrected chi connectivity index (χ2v) is 7.39. The molecule has 29 heavy (non-hydrogen) atoms. The van der Waals surface area contributed by atoms with Crippen LogP contribution in [0.15, 0.2) is 24.3 Å². The van der Waals surface area contributed by atoms with Crippen molar-refractivity contribution in [2.75, 3.05) is 26.1 Å². The first-order chi connectivity index (χ1) is 14.1. The van der Waals surface area contributed by atoms with Crippen LogP contribution in [0.2, 0.25) is 0 Å². The molecule has 1 amide bonds. The first-order valence-electron chi connectivity index (χ1n) is 10.2. The predicted octanol–water partition coefficient (Wildman–Crippen LogP) is 3.52. The molecule has 1 saturated carbocycles. The van der Waals surface area contributed by atoms with Crippen LogP contribution in [0, 0.1) is 6.92 Å². The molecule has 2 N–H and O–H groups in total. The molecule has 156 valence electrons. The van der Waals surface area contributed by atoms with Crippen LogP contribution in [-0.2, 0) is 6.42 Å². The number of amides is 1. The van der Waals surface area contributed by atoms with Gasteiger partial charge in [-0.05, 0) is 49.9 Å². The molecule has 0 bridgehead atoms. The molecule has 1 fully saturated rings. The lowest BCUT2D eigenvalue weighted by Crippen LogP contribution is -2.36. The Hall–Kier alpha value is -2.83. The largest absolute Gasteiger partial charge is 0.493 e. The zero-order valence-corrected chi connectivity index (χ0v) is 17.5. The Bertz CT molecular complexity index is 835. The fraction of sp³-hybridized carbons (Fsp3) is 0.500. The van der Waals surface area contributed by atoms with Crippen LogP contribution in [0.25, 0.3) is 0 Å². The molecule has 0 atom stereocenters. The number of aromatic nitrogens is 2. The van der Waals surface area contributed by atoms with Gasteiger partial charge in [0.15, 0.2) is 11.5 Å². The summed E-state index contributed by atoms with van der Waals surface area (Å²) in [6, 6.07) is 7.85. The summed E-state index contributed by atoms with van der Waals surface area (Å²) in [6.07, 6.45) is 6.47. The number of aryl methyl sites for hydroxylation is 1. The van der Waals surface area contributed by atoms with Gasteiger partial charge in [0.05, 0.1) is 14.2 Å². The Kier molecular flexibility index (Phi) is 7.27. The van der Waals surface area contributed by atoms with Gasteiger partial charge in [0, 0.05) is 18.3 Å². The highest BCUT2D eigenvalue weighted by Crippen LogP contribution is 2.27. The molecule has 0 saturated heterocycles. The third kappa shape index (κ3) is 5.82. The van der Waals surface area contributed by atoms with Crippen LogP contribution in [0.4, 0.5) is 5.95 Å². The van der Waals surface area contributed by atoms with E-state index in [0.29, 0.717) is 29.7 Å². The van der Waals surface area contributed by atoms with Crippen molar-refractivity contribution < 1.29 is 14.3 Å². The van der Waals surface area contributed by atoms with Crippen molar-refractivity contribution in [1.82, 2.24) is 15.3 Å². The topological polar surface area (TPSA) is 85.4 Å². The Balaban J connectivity index is 1.59. The van der Waals surface area contributed by atoms with E-state index in [1.807, 2.05) is 25.1 Å². The third-order valence-corrected chi connectivity index (χ3v) is 5.17. The number of hydrogen-bond donors (Lipinski definition) is 2. The molecule has 0 spiro atoms. The van der Waals surface area contributed by atoms with Crippen LogP contribution < -0.4 is 20.1 Å². The van der Waals surface area contributed by atoms with E-state index in [2.05, 4.69) is 20.6 Å². The van der Waals surface area contributed by atoms with E-state index in [9.17, 15) is 4.79 Å². The summed E-state index contributed by atoms with van der Waals surface area (Å²) in [5.74, 6) is 1.77. The third-order valence-electron chi connectivity index (χ3n) is 5.17. The maximum absolute atomic E-state index is 12.6. The van der Waals surface area contributed by atoms with E-state index in [0.717, 1.165) is 30.5 Å². The predicted molar refractivity (Wildman–Crippen MR) is 113 cm³/mol. The Labute approximate surface area is 172 Å². The van der Waals surface area contributed by atoms with Crippen LogP contribution in [0.5, 0.6) is 11.5 Å². The van der Waals surface area contributed by atoms with Crippen molar-refractivity contribution in [1.29, 1.82) is 0 Å². The fourth-order valence-corrected chi connectivity index (χ4v) is 3.62. The lowest BCUT2D eigenvalue weighted by atomic mass is 9.95. The number of anilines is 1. The smallest absolute Gasteiger partial charge is 0.270 e. The van der Waals surface area contributed by atoms with E-state index in [-0.39, 0.29) is 11.9 Å². The number of rotatable bonds is 8. The van der Waals surface area contributed by atoms with Crippen LogP contribution >= 0.6 is 0 Å². The van der Waals surface area contributed by atoms with Crippen molar-refractivity contribution >= 4 is 11.9 Å². The van der Waals surface area contributed by atoms with Gasteiger partial charge in [-0.15, -0.1) is 0 Å². The van der Waals surface area contributed by atoms with E-state index in [1.165, 1.54) is 19.3 Å². The highest BCUT2D eigenvalue weighted by Gasteiger charge is 2.18. The highest BCUT2D eigenvalue weighted by atomic mass is 16.5. The van der Waals surface area contributed by atoms with Crippen LogP contribution in [0.3, 0.4) is 0 Å². The molecule has 2 aromatic rings. The summed E-state index contributed by atoms with van der Waals surface area (Å²) in [5, 5.41) is 6.34. The van der Waals surface area contributed by atoms with E-state index < -0.39 is 0 Å². The van der Waals surface area contributed by atoms with Gasteiger partial charge in [-0.25, -0.2) is 9.97 Å². The molecular weight excluding hydrogens is 368 g/mol. The first kappa shape index (κ1) is 20.9. The van der Waals surface area contributed by atoms with Gasteiger partial charge in [0.2, 0.25) is 5.95 Å².